The fourth-order valence-electron chi connectivity index (χ4n) is 3.15. The summed E-state index contributed by atoms with van der Waals surface area (Å²) < 4.78 is 55.0. The Hall–Kier alpha value is -2.61. The van der Waals surface area contributed by atoms with Crippen LogP contribution in [0.1, 0.15) is 31.0 Å². The fourth-order valence-corrected chi connectivity index (χ4v) is 3.15. The van der Waals surface area contributed by atoms with Gasteiger partial charge in [-0.05, 0) is 29.2 Å². The van der Waals surface area contributed by atoms with Crippen molar-refractivity contribution in [2.45, 2.75) is 38.8 Å². The zero-order chi connectivity index (χ0) is 22.3. The Labute approximate surface area is 173 Å². The number of rotatable bonds is 9. The van der Waals surface area contributed by atoms with Crippen molar-refractivity contribution in [3.05, 3.63) is 65.7 Å². The summed E-state index contributed by atoms with van der Waals surface area (Å²) in [5.74, 6) is -4.03. The number of alkyl halides is 4. The predicted molar refractivity (Wildman–Crippen MR) is 108 cm³/mol. The lowest BCUT2D eigenvalue weighted by Crippen LogP contribution is -2.37. The molecule has 0 heterocycles. The van der Waals surface area contributed by atoms with Gasteiger partial charge in [0, 0.05) is 12.7 Å². The van der Waals surface area contributed by atoms with Gasteiger partial charge in [0.25, 0.3) is 0 Å². The van der Waals surface area contributed by atoms with Crippen molar-refractivity contribution in [3.8, 4) is 0 Å². The molecule has 2 aromatic rings. The minimum Gasteiger partial charge on any atom is -0.370 e. The van der Waals surface area contributed by atoms with Crippen LogP contribution in [0.4, 0.5) is 28.0 Å². The van der Waals surface area contributed by atoms with Crippen molar-refractivity contribution in [3.63, 3.8) is 0 Å². The first-order chi connectivity index (χ1) is 14.1. The molecule has 0 fully saturated rings. The number of benzene rings is 2. The Bertz CT molecular complexity index is 816. The Balaban J connectivity index is 2.02. The quantitative estimate of drug-likeness (QED) is 0.503. The maximum atomic E-state index is 12.9. The van der Waals surface area contributed by atoms with Gasteiger partial charge in [-0.15, -0.1) is 0 Å². The Morgan fingerprint density at radius 1 is 1.10 bits per heavy atom. The molecule has 30 heavy (non-hydrogen) atoms. The van der Waals surface area contributed by atoms with Gasteiger partial charge in [-0.2, -0.15) is 8.78 Å². The molecule has 0 aliphatic carbocycles. The molecule has 0 aliphatic heterocycles. The van der Waals surface area contributed by atoms with E-state index < -0.39 is 19.0 Å². The van der Waals surface area contributed by atoms with E-state index in [2.05, 4.69) is 5.32 Å². The molecule has 0 saturated heterocycles. The molecule has 0 aromatic heterocycles. The van der Waals surface area contributed by atoms with E-state index in [0.29, 0.717) is 11.3 Å². The molecule has 164 valence electrons. The number of amides is 2. The van der Waals surface area contributed by atoms with Crippen LogP contribution >= 0.6 is 0 Å². The van der Waals surface area contributed by atoms with Gasteiger partial charge >= 0.3 is 18.4 Å². The van der Waals surface area contributed by atoms with Gasteiger partial charge in [0.15, 0.2) is 0 Å². The fraction of sp³-hybridized carbons (Fsp3) is 0.409. The number of halogens is 4. The second-order valence-corrected chi connectivity index (χ2v) is 7.40. The van der Waals surface area contributed by atoms with Crippen molar-refractivity contribution >= 4 is 11.7 Å². The molecule has 2 amide bonds. The van der Waals surface area contributed by atoms with E-state index in [9.17, 15) is 22.4 Å². The molecule has 1 N–H and O–H groups in total. The number of carbonyl (C=O) groups excluding carboxylic acids is 1. The van der Waals surface area contributed by atoms with E-state index in [0.717, 1.165) is 5.56 Å². The largest absolute Gasteiger partial charge is 0.370 e. The highest BCUT2D eigenvalue weighted by Crippen LogP contribution is 2.28. The molecule has 2 aromatic carbocycles. The highest BCUT2D eigenvalue weighted by atomic mass is 19.3. The second kappa shape index (κ2) is 10.4. The minimum absolute atomic E-state index is 0.144. The number of hydrogen-bond acceptors (Lipinski definition) is 2. The van der Waals surface area contributed by atoms with Gasteiger partial charge < -0.3 is 15.0 Å². The number of anilines is 1. The van der Waals surface area contributed by atoms with Gasteiger partial charge in [0.05, 0.1) is 12.6 Å². The van der Waals surface area contributed by atoms with Crippen molar-refractivity contribution < 1.29 is 27.1 Å². The Morgan fingerprint density at radius 2 is 1.77 bits per heavy atom. The van der Waals surface area contributed by atoms with E-state index in [1.807, 2.05) is 44.2 Å². The second-order valence-electron chi connectivity index (χ2n) is 7.40. The van der Waals surface area contributed by atoms with Crippen LogP contribution < -0.4 is 5.32 Å². The highest BCUT2D eigenvalue weighted by molar-refractivity contribution is 5.89. The van der Waals surface area contributed by atoms with Gasteiger partial charge in [-0.1, -0.05) is 56.3 Å². The molecule has 0 radical (unpaired) electrons. The van der Waals surface area contributed by atoms with Gasteiger partial charge in [0.1, 0.15) is 6.61 Å². The average molecular weight is 426 g/mol. The first kappa shape index (κ1) is 23.7. The third kappa shape index (κ3) is 6.45. The SMILES string of the molecule is CC(C)C(c1ccccc1)N(C)C(=O)Nc1cccc(COCC(F)(F)C(F)F)c1. The number of nitrogens with one attached hydrogen (secondary N) is 1. The molecular weight excluding hydrogens is 400 g/mol. The summed E-state index contributed by atoms with van der Waals surface area (Å²) >= 11 is 0. The molecule has 1 atom stereocenters. The van der Waals surface area contributed by atoms with E-state index in [-0.39, 0.29) is 24.6 Å². The zero-order valence-electron chi connectivity index (χ0n) is 17.1. The van der Waals surface area contributed by atoms with E-state index in [1.54, 1.807) is 36.2 Å². The summed E-state index contributed by atoms with van der Waals surface area (Å²) in [6.07, 6.45) is -3.78. The summed E-state index contributed by atoms with van der Waals surface area (Å²) in [4.78, 5) is 14.4. The van der Waals surface area contributed by atoms with Gasteiger partial charge in [0.2, 0.25) is 0 Å². The maximum Gasteiger partial charge on any atom is 0.330 e. The van der Waals surface area contributed by atoms with Crippen molar-refractivity contribution in [2.24, 2.45) is 5.92 Å². The van der Waals surface area contributed by atoms with Crippen LogP contribution in [0.25, 0.3) is 0 Å². The average Bonchev–Trinajstić information content (AvgIpc) is 2.68. The van der Waals surface area contributed by atoms with Crippen LogP contribution in [0.5, 0.6) is 0 Å². The van der Waals surface area contributed by atoms with E-state index in [4.69, 9.17) is 4.74 Å². The predicted octanol–water partition coefficient (Wildman–Crippen LogP) is 5.96. The maximum absolute atomic E-state index is 12.9. The normalized spacial score (nSPS) is 12.8. The van der Waals surface area contributed by atoms with Gasteiger partial charge in [-0.25, -0.2) is 13.6 Å². The summed E-state index contributed by atoms with van der Waals surface area (Å²) in [6, 6.07) is 15.6. The molecule has 0 bridgehead atoms. The smallest absolute Gasteiger partial charge is 0.330 e. The molecule has 0 saturated carbocycles. The first-order valence-electron chi connectivity index (χ1n) is 9.53. The molecule has 2 rings (SSSR count). The first-order valence-corrected chi connectivity index (χ1v) is 9.53. The summed E-state index contributed by atoms with van der Waals surface area (Å²) in [5, 5.41) is 2.78. The van der Waals surface area contributed by atoms with Crippen molar-refractivity contribution in [2.75, 3.05) is 19.0 Å². The molecule has 4 nitrogen and oxygen atoms in total. The number of nitrogens with zero attached hydrogens (tertiary/aromatic N) is 1. The number of carbonyl (C=O) groups is 1. The molecular formula is C22H26F4N2O2. The zero-order valence-corrected chi connectivity index (χ0v) is 17.1. The summed E-state index contributed by atoms with van der Waals surface area (Å²) in [5.41, 5.74) is 1.93. The van der Waals surface area contributed by atoms with Crippen molar-refractivity contribution in [1.29, 1.82) is 0 Å². The molecule has 0 spiro atoms. The lowest BCUT2D eigenvalue weighted by Gasteiger charge is -2.32. The van der Waals surface area contributed by atoms with Crippen LogP contribution in [0, 0.1) is 5.92 Å². The van der Waals surface area contributed by atoms with Crippen LogP contribution in [0.2, 0.25) is 0 Å². The van der Waals surface area contributed by atoms with Crippen molar-refractivity contribution in [1.82, 2.24) is 4.90 Å². The van der Waals surface area contributed by atoms with Crippen LogP contribution in [0.3, 0.4) is 0 Å². The number of ether oxygens (including phenoxy) is 1. The Kier molecular flexibility index (Phi) is 8.23. The Morgan fingerprint density at radius 3 is 2.37 bits per heavy atom. The van der Waals surface area contributed by atoms with Gasteiger partial charge in [-0.3, -0.25) is 0 Å². The van der Waals surface area contributed by atoms with E-state index >= 15 is 0 Å². The molecule has 8 heteroatoms. The topological polar surface area (TPSA) is 41.6 Å². The van der Waals surface area contributed by atoms with Crippen LogP contribution in [-0.2, 0) is 11.3 Å². The lowest BCUT2D eigenvalue weighted by molar-refractivity contribution is -0.168. The number of hydrogen-bond donors (Lipinski definition) is 1. The minimum atomic E-state index is -4.20. The molecule has 1 unspecified atom stereocenters. The number of urea groups is 1. The van der Waals surface area contributed by atoms with Crippen LogP contribution in [0.15, 0.2) is 54.6 Å². The van der Waals surface area contributed by atoms with E-state index in [1.165, 1.54) is 0 Å². The summed E-state index contributed by atoms with van der Waals surface area (Å²) in [7, 11) is 1.70. The third-order valence-electron chi connectivity index (χ3n) is 4.57. The standard InChI is InChI=1S/C22H26F4N2O2/c1-15(2)19(17-9-5-4-6-10-17)28(3)21(29)27-18-11-7-8-16(12-18)13-30-14-22(25,26)20(23)24/h4-12,15,19-20H,13-14H2,1-3H3,(H,27,29). The summed E-state index contributed by atoms with van der Waals surface area (Å²) in [6.45, 7) is 2.39. The third-order valence-corrected chi connectivity index (χ3v) is 4.57. The van der Waals surface area contributed by atoms with Crippen LogP contribution in [-0.4, -0.2) is 36.9 Å². The lowest BCUT2D eigenvalue weighted by atomic mass is 9.95. The molecule has 0 aliphatic rings. The monoisotopic (exact) mass is 426 g/mol. The highest BCUT2D eigenvalue weighted by Gasteiger charge is 2.40.